The number of piperidine rings is 1. The smallest absolute Gasteiger partial charge is 0.251 e. The molecule has 0 spiro atoms. The third-order valence-electron chi connectivity index (χ3n) is 6.02. The second kappa shape index (κ2) is 11.2. The summed E-state index contributed by atoms with van der Waals surface area (Å²) in [5.74, 6) is -0.199. The number of β-amino-alcohol motifs (C(OH)–C–C–N with tert-alkyl or cyclic N) is 1. The van der Waals surface area contributed by atoms with E-state index in [1.54, 1.807) is 12.1 Å². The van der Waals surface area contributed by atoms with E-state index < -0.39 is 24.4 Å². The first-order chi connectivity index (χ1) is 16.1. The van der Waals surface area contributed by atoms with Crippen molar-refractivity contribution in [2.45, 2.75) is 37.5 Å². The Morgan fingerprint density at radius 3 is 2.09 bits per heavy atom. The van der Waals surface area contributed by atoms with E-state index in [0.717, 1.165) is 11.1 Å². The molecule has 1 amide bonds. The van der Waals surface area contributed by atoms with Crippen LogP contribution in [-0.2, 0) is 17.9 Å². The fourth-order valence-electron chi connectivity index (χ4n) is 4.26. The molecule has 6 nitrogen and oxygen atoms in total. The number of ether oxygens (including phenoxy) is 1. The molecule has 0 bridgehead atoms. The third kappa shape index (κ3) is 6.06. The molecular formula is C27H30N2O4. The molecule has 1 aliphatic heterocycles. The monoisotopic (exact) mass is 446 g/mol. The Hall–Kier alpha value is -3.03. The maximum atomic E-state index is 12.6. The maximum absolute atomic E-state index is 12.6. The lowest BCUT2D eigenvalue weighted by Crippen LogP contribution is -2.64. The normalized spacial score (nSPS) is 23.2. The molecule has 0 radical (unpaired) electrons. The number of carbonyl (C=O) groups excluding carboxylic acids is 1. The predicted molar refractivity (Wildman–Crippen MR) is 126 cm³/mol. The van der Waals surface area contributed by atoms with Gasteiger partial charge < -0.3 is 20.3 Å². The minimum atomic E-state index is -0.975. The van der Waals surface area contributed by atoms with Crippen molar-refractivity contribution >= 4 is 5.91 Å². The summed E-state index contributed by atoms with van der Waals surface area (Å²) >= 11 is 0. The van der Waals surface area contributed by atoms with Crippen molar-refractivity contribution in [2.75, 3.05) is 13.1 Å². The molecule has 4 rings (SSSR count). The molecule has 0 saturated carbocycles. The fourth-order valence-corrected chi connectivity index (χ4v) is 4.26. The third-order valence-corrected chi connectivity index (χ3v) is 6.02. The number of hydrogen-bond donors (Lipinski definition) is 3. The number of likely N-dealkylation sites (tertiary alicyclic amines) is 1. The summed E-state index contributed by atoms with van der Waals surface area (Å²) in [7, 11) is 0. The summed E-state index contributed by atoms with van der Waals surface area (Å²) in [6.07, 6.45) is -2.58. The van der Waals surface area contributed by atoms with Crippen LogP contribution in [0.4, 0.5) is 0 Å². The van der Waals surface area contributed by atoms with Crippen LogP contribution >= 0.6 is 0 Å². The summed E-state index contributed by atoms with van der Waals surface area (Å²) in [5, 5.41) is 25.0. The Labute approximate surface area is 194 Å². The molecule has 1 heterocycles. The molecule has 1 fully saturated rings. The molecule has 0 aliphatic carbocycles. The number of nitrogens with one attached hydrogen (secondary N) is 1. The Bertz CT molecular complexity index is 1000. The summed E-state index contributed by atoms with van der Waals surface area (Å²) < 4.78 is 5.97. The van der Waals surface area contributed by atoms with Crippen LogP contribution < -0.4 is 5.32 Å². The van der Waals surface area contributed by atoms with Crippen LogP contribution in [-0.4, -0.2) is 58.5 Å². The standard InChI is InChI=1S/C27H30N2O4/c30-24-18-29(17-20-10-4-1-5-11-20)23(16-28-27(32)22-14-8-3-9-15-22)25(31)26(24)33-19-21-12-6-2-7-13-21/h1-15,23-26,30-31H,16-19H2,(H,28,32)/t23-,24-,25+,26+/m0/s1. The molecule has 1 aliphatic rings. The van der Waals surface area contributed by atoms with Crippen LogP contribution in [0.3, 0.4) is 0 Å². The minimum absolute atomic E-state index is 0.199. The Morgan fingerprint density at radius 1 is 0.879 bits per heavy atom. The Morgan fingerprint density at radius 2 is 1.45 bits per heavy atom. The summed E-state index contributed by atoms with van der Waals surface area (Å²) in [4.78, 5) is 14.6. The molecule has 3 aromatic carbocycles. The largest absolute Gasteiger partial charge is 0.389 e. The van der Waals surface area contributed by atoms with E-state index >= 15 is 0 Å². The van der Waals surface area contributed by atoms with Crippen LogP contribution in [0.15, 0.2) is 91.0 Å². The highest BCUT2D eigenvalue weighted by Crippen LogP contribution is 2.24. The summed E-state index contributed by atoms with van der Waals surface area (Å²) in [6.45, 7) is 1.41. The van der Waals surface area contributed by atoms with Crippen molar-refractivity contribution in [3.63, 3.8) is 0 Å². The van der Waals surface area contributed by atoms with Crippen molar-refractivity contribution < 1.29 is 19.7 Å². The fraction of sp³-hybridized carbons (Fsp3) is 0.296. The second-order valence-corrected chi connectivity index (χ2v) is 8.38. The van der Waals surface area contributed by atoms with Gasteiger partial charge in [0.1, 0.15) is 6.10 Å². The maximum Gasteiger partial charge on any atom is 0.251 e. The molecule has 4 atom stereocenters. The molecule has 3 N–H and O–H groups in total. The zero-order valence-electron chi connectivity index (χ0n) is 18.5. The number of amides is 1. The number of rotatable bonds is 8. The van der Waals surface area contributed by atoms with E-state index in [4.69, 9.17) is 4.74 Å². The quantitative estimate of drug-likeness (QED) is 0.496. The number of hydrogen-bond acceptors (Lipinski definition) is 5. The molecule has 0 unspecified atom stereocenters. The zero-order chi connectivity index (χ0) is 23.0. The van der Waals surface area contributed by atoms with E-state index in [1.807, 2.05) is 83.8 Å². The second-order valence-electron chi connectivity index (χ2n) is 8.38. The highest BCUT2D eigenvalue weighted by Gasteiger charge is 2.43. The number of carbonyl (C=O) groups is 1. The zero-order valence-corrected chi connectivity index (χ0v) is 18.5. The average Bonchev–Trinajstić information content (AvgIpc) is 2.85. The van der Waals surface area contributed by atoms with Crippen LogP contribution in [0.5, 0.6) is 0 Å². The van der Waals surface area contributed by atoms with Gasteiger partial charge in [0.15, 0.2) is 0 Å². The van der Waals surface area contributed by atoms with Gasteiger partial charge >= 0.3 is 0 Å². The van der Waals surface area contributed by atoms with Crippen LogP contribution in [0, 0.1) is 0 Å². The molecule has 6 heteroatoms. The summed E-state index contributed by atoms with van der Waals surface area (Å²) in [5.41, 5.74) is 2.60. The van der Waals surface area contributed by atoms with Crippen molar-refractivity contribution in [3.05, 3.63) is 108 Å². The highest BCUT2D eigenvalue weighted by molar-refractivity contribution is 5.94. The van der Waals surface area contributed by atoms with E-state index in [2.05, 4.69) is 5.32 Å². The van der Waals surface area contributed by atoms with Crippen LogP contribution in [0.2, 0.25) is 0 Å². The predicted octanol–water partition coefficient (Wildman–Crippen LogP) is 2.61. The molecular weight excluding hydrogens is 416 g/mol. The van der Waals surface area contributed by atoms with Gasteiger partial charge in [-0.1, -0.05) is 78.9 Å². The first-order valence-corrected chi connectivity index (χ1v) is 11.2. The van der Waals surface area contributed by atoms with Gasteiger partial charge in [0, 0.05) is 25.2 Å². The van der Waals surface area contributed by atoms with Crippen molar-refractivity contribution in [1.29, 1.82) is 0 Å². The minimum Gasteiger partial charge on any atom is -0.389 e. The lowest BCUT2D eigenvalue weighted by atomic mass is 9.92. The SMILES string of the molecule is O=C(NC[C@H]1[C@@H](O)[C@H](OCc2ccccc2)[C@@H](O)CN1Cc1ccccc1)c1ccccc1. The number of benzene rings is 3. The van der Waals surface area contributed by atoms with Crippen molar-refractivity contribution in [2.24, 2.45) is 0 Å². The molecule has 172 valence electrons. The number of nitrogens with zero attached hydrogens (tertiary/aromatic N) is 1. The van der Waals surface area contributed by atoms with Gasteiger partial charge in [0.25, 0.3) is 5.91 Å². The van der Waals surface area contributed by atoms with Gasteiger partial charge in [-0.25, -0.2) is 0 Å². The lowest BCUT2D eigenvalue weighted by Gasteiger charge is -2.45. The van der Waals surface area contributed by atoms with Gasteiger partial charge in [0.05, 0.1) is 24.9 Å². The van der Waals surface area contributed by atoms with E-state index in [-0.39, 0.29) is 12.5 Å². The molecule has 3 aromatic rings. The van der Waals surface area contributed by atoms with E-state index in [9.17, 15) is 15.0 Å². The first-order valence-electron chi connectivity index (χ1n) is 11.2. The van der Waals surface area contributed by atoms with Crippen LogP contribution in [0.25, 0.3) is 0 Å². The van der Waals surface area contributed by atoms with Gasteiger partial charge in [-0.2, -0.15) is 0 Å². The number of aliphatic hydroxyl groups is 2. The Kier molecular flexibility index (Phi) is 7.86. The molecule has 1 saturated heterocycles. The van der Waals surface area contributed by atoms with E-state index in [1.165, 1.54) is 0 Å². The van der Waals surface area contributed by atoms with Gasteiger partial charge in [-0.05, 0) is 23.3 Å². The molecule has 0 aromatic heterocycles. The summed E-state index contributed by atoms with van der Waals surface area (Å²) in [6, 6.07) is 28.2. The molecule has 33 heavy (non-hydrogen) atoms. The van der Waals surface area contributed by atoms with Crippen molar-refractivity contribution in [1.82, 2.24) is 10.2 Å². The lowest BCUT2D eigenvalue weighted by molar-refractivity contribution is -0.166. The topological polar surface area (TPSA) is 82.0 Å². The first kappa shape index (κ1) is 23.1. The van der Waals surface area contributed by atoms with Gasteiger partial charge in [-0.15, -0.1) is 0 Å². The average molecular weight is 447 g/mol. The van der Waals surface area contributed by atoms with Crippen LogP contribution in [0.1, 0.15) is 21.5 Å². The Balaban J connectivity index is 1.48. The van der Waals surface area contributed by atoms with E-state index in [0.29, 0.717) is 25.3 Å². The highest BCUT2D eigenvalue weighted by atomic mass is 16.5. The van der Waals surface area contributed by atoms with Gasteiger partial charge in [-0.3, -0.25) is 9.69 Å². The number of aliphatic hydroxyl groups excluding tert-OH is 2. The van der Waals surface area contributed by atoms with Gasteiger partial charge in [0.2, 0.25) is 0 Å². The van der Waals surface area contributed by atoms with Crippen molar-refractivity contribution in [3.8, 4) is 0 Å².